The topological polar surface area (TPSA) is 63.5 Å². The van der Waals surface area contributed by atoms with Gasteiger partial charge in [-0.3, -0.25) is 9.69 Å². The van der Waals surface area contributed by atoms with Gasteiger partial charge in [-0.05, 0) is 45.7 Å². The maximum atomic E-state index is 12.9. The Morgan fingerprint density at radius 3 is 2.50 bits per heavy atom. The maximum Gasteiger partial charge on any atom is 0.225 e. The number of nitrogens with zero attached hydrogens (tertiary/aromatic N) is 5. The van der Waals surface area contributed by atoms with Crippen LogP contribution in [-0.4, -0.2) is 65.5 Å². The van der Waals surface area contributed by atoms with Gasteiger partial charge in [0.2, 0.25) is 5.91 Å². The smallest absolute Gasteiger partial charge is 0.225 e. The fourth-order valence-corrected chi connectivity index (χ4v) is 4.22. The maximum absolute atomic E-state index is 12.9. The number of hydrogen-bond donors (Lipinski definition) is 0. The van der Waals surface area contributed by atoms with Crippen LogP contribution in [-0.2, 0) is 4.79 Å². The molecule has 0 unspecified atom stereocenters. The molecule has 0 radical (unpaired) electrons. The van der Waals surface area contributed by atoms with Gasteiger partial charge in [-0.25, -0.2) is 4.98 Å². The Bertz CT molecular complexity index is 658. The van der Waals surface area contributed by atoms with Crippen molar-refractivity contribution in [1.82, 2.24) is 14.8 Å². The van der Waals surface area contributed by atoms with Gasteiger partial charge in [0.25, 0.3) is 0 Å². The lowest BCUT2D eigenvalue weighted by Crippen LogP contribution is -2.57. The van der Waals surface area contributed by atoms with Crippen molar-refractivity contribution in [3.05, 3.63) is 24.0 Å². The van der Waals surface area contributed by atoms with E-state index in [2.05, 4.69) is 40.5 Å². The largest absolute Gasteiger partial charge is 0.370 e. The van der Waals surface area contributed by atoms with Gasteiger partial charge < -0.3 is 9.80 Å². The molecule has 0 aliphatic carbocycles. The summed E-state index contributed by atoms with van der Waals surface area (Å²) in [5.41, 5.74) is 1.47. The summed E-state index contributed by atoms with van der Waals surface area (Å²) in [5, 5.41) is 8.85. The molecule has 140 valence electrons. The van der Waals surface area contributed by atoms with E-state index in [4.69, 9.17) is 5.26 Å². The molecule has 0 saturated carbocycles. The summed E-state index contributed by atoms with van der Waals surface area (Å²) in [6, 6.07) is 6.70. The number of hydrogen-bond acceptors (Lipinski definition) is 5. The number of piperazine rings is 1. The van der Waals surface area contributed by atoms with E-state index in [0.717, 1.165) is 51.3 Å². The fourth-order valence-electron chi connectivity index (χ4n) is 4.22. The molecular formula is C20H29N5O. The zero-order chi connectivity index (χ0) is 18.7. The zero-order valence-corrected chi connectivity index (χ0v) is 16.1. The molecule has 0 spiro atoms. The van der Waals surface area contributed by atoms with E-state index in [1.54, 1.807) is 12.3 Å². The summed E-state index contributed by atoms with van der Waals surface area (Å²) < 4.78 is 0. The van der Waals surface area contributed by atoms with E-state index in [9.17, 15) is 4.79 Å². The summed E-state index contributed by atoms with van der Waals surface area (Å²) in [6.45, 7) is 11.1. The number of piperidine rings is 1. The lowest BCUT2D eigenvalue weighted by Gasteiger charge is -2.43. The highest BCUT2D eigenvalue weighted by molar-refractivity contribution is 5.79. The summed E-state index contributed by atoms with van der Waals surface area (Å²) in [7, 11) is 0. The normalized spacial score (nSPS) is 22.5. The monoisotopic (exact) mass is 355 g/mol. The predicted octanol–water partition coefficient (Wildman–Crippen LogP) is 2.11. The molecule has 6 nitrogen and oxygen atoms in total. The summed E-state index contributed by atoms with van der Waals surface area (Å²) >= 11 is 0. The van der Waals surface area contributed by atoms with Gasteiger partial charge in [-0.2, -0.15) is 5.26 Å². The standard InChI is InChI=1S/C20H29N5O/c1-15(2)25-11-10-24(14-16(25)3)20(26)17-6-8-23(9-7-17)19-5-4-18(12-21)22-13-19/h4-5,13,15-17H,6-11,14H2,1-3H3/t16-/m0/s1. The summed E-state index contributed by atoms with van der Waals surface area (Å²) in [4.78, 5) is 23.9. The molecule has 3 rings (SSSR count). The highest BCUT2D eigenvalue weighted by Crippen LogP contribution is 2.25. The minimum Gasteiger partial charge on any atom is -0.370 e. The van der Waals surface area contributed by atoms with Gasteiger partial charge in [0.15, 0.2) is 0 Å². The Morgan fingerprint density at radius 2 is 1.96 bits per heavy atom. The van der Waals surface area contributed by atoms with Crippen molar-refractivity contribution in [2.75, 3.05) is 37.6 Å². The first kappa shape index (κ1) is 18.7. The van der Waals surface area contributed by atoms with Crippen LogP contribution in [0.5, 0.6) is 0 Å². The summed E-state index contributed by atoms with van der Waals surface area (Å²) in [6.07, 6.45) is 3.53. The Morgan fingerprint density at radius 1 is 1.23 bits per heavy atom. The van der Waals surface area contributed by atoms with Crippen LogP contribution >= 0.6 is 0 Å². The lowest BCUT2D eigenvalue weighted by molar-refractivity contribution is -0.139. The van der Waals surface area contributed by atoms with Gasteiger partial charge in [-0.1, -0.05) is 0 Å². The van der Waals surface area contributed by atoms with Crippen molar-refractivity contribution in [3.63, 3.8) is 0 Å². The molecule has 2 aliphatic rings. The Labute approximate surface area is 156 Å². The van der Waals surface area contributed by atoms with E-state index in [1.165, 1.54) is 0 Å². The number of nitriles is 1. The van der Waals surface area contributed by atoms with Crippen molar-refractivity contribution < 1.29 is 4.79 Å². The lowest BCUT2D eigenvalue weighted by atomic mass is 9.94. The Balaban J connectivity index is 1.53. The van der Waals surface area contributed by atoms with Gasteiger partial charge in [0.05, 0.1) is 11.9 Å². The molecule has 1 atom stereocenters. The van der Waals surface area contributed by atoms with Crippen LogP contribution in [0.3, 0.4) is 0 Å². The van der Waals surface area contributed by atoms with Crippen LogP contribution in [0.15, 0.2) is 18.3 Å². The molecule has 2 saturated heterocycles. The van der Waals surface area contributed by atoms with Crippen LogP contribution in [0.4, 0.5) is 5.69 Å². The fraction of sp³-hybridized carbons (Fsp3) is 0.650. The van der Waals surface area contributed by atoms with Crippen molar-refractivity contribution in [2.45, 2.75) is 45.7 Å². The van der Waals surface area contributed by atoms with E-state index in [-0.39, 0.29) is 5.92 Å². The molecule has 6 heteroatoms. The SMILES string of the molecule is CC(C)N1CCN(C(=O)C2CCN(c3ccc(C#N)nc3)CC2)C[C@@H]1C. The first-order chi connectivity index (χ1) is 12.5. The first-order valence-electron chi connectivity index (χ1n) is 9.65. The number of pyridine rings is 1. The summed E-state index contributed by atoms with van der Waals surface area (Å²) in [5.74, 6) is 0.466. The molecular weight excluding hydrogens is 326 g/mol. The molecule has 1 amide bonds. The molecule has 0 aromatic carbocycles. The highest BCUT2D eigenvalue weighted by Gasteiger charge is 2.33. The molecule has 1 aromatic heterocycles. The van der Waals surface area contributed by atoms with E-state index in [0.29, 0.717) is 23.7 Å². The average molecular weight is 355 g/mol. The number of amides is 1. The average Bonchev–Trinajstić information content (AvgIpc) is 2.67. The van der Waals surface area contributed by atoms with Crippen molar-refractivity contribution >= 4 is 11.6 Å². The molecule has 2 aliphatic heterocycles. The molecule has 26 heavy (non-hydrogen) atoms. The molecule has 0 bridgehead atoms. The third-order valence-electron chi connectivity index (χ3n) is 5.73. The third kappa shape index (κ3) is 3.99. The predicted molar refractivity (Wildman–Crippen MR) is 102 cm³/mol. The van der Waals surface area contributed by atoms with Crippen molar-refractivity contribution in [2.24, 2.45) is 5.92 Å². The van der Waals surface area contributed by atoms with Crippen LogP contribution in [0.25, 0.3) is 0 Å². The van der Waals surface area contributed by atoms with Gasteiger partial charge in [0.1, 0.15) is 11.8 Å². The van der Waals surface area contributed by atoms with Gasteiger partial charge in [0, 0.05) is 50.7 Å². The van der Waals surface area contributed by atoms with E-state index in [1.807, 2.05) is 12.1 Å². The van der Waals surface area contributed by atoms with Crippen molar-refractivity contribution in [3.8, 4) is 6.07 Å². The number of aromatic nitrogens is 1. The van der Waals surface area contributed by atoms with Gasteiger partial charge >= 0.3 is 0 Å². The molecule has 3 heterocycles. The molecule has 2 fully saturated rings. The van der Waals surface area contributed by atoms with Crippen LogP contribution in [0.1, 0.15) is 39.3 Å². The number of anilines is 1. The second kappa shape index (κ2) is 8.05. The molecule has 1 aromatic rings. The Kier molecular flexibility index (Phi) is 5.77. The second-order valence-electron chi connectivity index (χ2n) is 7.74. The minimum atomic E-state index is 0.135. The first-order valence-corrected chi connectivity index (χ1v) is 9.65. The Hall–Kier alpha value is -2.13. The third-order valence-corrected chi connectivity index (χ3v) is 5.73. The number of carbonyl (C=O) groups is 1. The minimum absolute atomic E-state index is 0.135. The molecule has 0 N–H and O–H groups in total. The van der Waals surface area contributed by atoms with Crippen LogP contribution in [0.2, 0.25) is 0 Å². The van der Waals surface area contributed by atoms with Crippen LogP contribution in [0, 0.1) is 17.2 Å². The van der Waals surface area contributed by atoms with E-state index >= 15 is 0 Å². The van der Waals surface area contributed by atoms with E-state index < -0.39 is 0 Å². The number of carbonyl (C=O) groups excluding carboxylic acids is 1. The van der Waals surface area contributed by atoms with Crippen molar-refractivity contribution in [1.29, 1.82) is 5.26 Å². The second-order valence-corrected chi connectivity index (χ2v) is 7.74. The number of rotatable bonds is 3. The highest BCUT2D eigenvalue weighted by atomic mass is 16.2. The quantitative estimate of drug-likeness (QED) is 0.831. The van der Waals surface area contributed by atoms with Gasteiger partial charge in [-0.15, -0.1) is 0 Å². The zero-order valence-electron chi connectivity index (χ0n) is 16.1. The van der Waals surface area contributed by atoms with Crippen LogP contribution < -0.4 is 4.90 Å².